The first kappa shape index (κ1) is 21.0. The molecular formula is C21H26N4O3S. The fourth-order valence-electron chi connectivity index (χ4n) is 3.37. The highest BCUT2D eigenvalue weighted by molar-refractivity contribution is 7.07. The molecule has 7 nitrogen and oxygen atoms in total. The van der Waals surface area contributed by atoms with Crippen LogP contribution in [-0.2, 0) is 21.0 Å². The van der Waals surface area contributed by atoms with Crippen LogP contribution in [0, 0.1) is 0 Å². The molecule has 0 spiro atoms. The number of carbonyl (C=O) groups excluding carboxylic acids is 2. The minimum atomic E-state index is -0.426. The summed E-state index contributed by atoms with van der Waals surface area (Å²) in [7, 11) is 1.64. The van der Waals surface area contributed by atoms with Crippen molar-refractivity contribution in [3.05, 3.63) is 52.6 Å². The topological polar surface area (TPSA) is 83.6 Å². The van der Waals surface area contributed by atoms with Crippen molar-refractivity contribution in [1.29, 1.82) is 0 Å². The lowest BCUT2D eigenvalue weighted by molar-refractivity contribution is -0.138. The van der Waals surface area contributed by atoms with Gasteiger partial charge in [0.1, 0.15) is 11.8 Å². The molecule has 2 aromatic rings. The zero-order chi connectivity index (χ0) is 20.6. The predicted molar refractivity (Wildman–Crippen MR) is 113 cm³/mol. The van der Waals surface area contributed by atoms with E-state index in [4.69, 9.17) is 4.84 Å². The molecule has 1 aromatic heterocycles. The van der Waals surface area contributed by atoms with Gasteiger partial charge in [-0.15, -0.1) is 11.3 Å². The van der Waals surface area contributed by atoms with E-state index in [0.717, 1.165) is 23.2 Å². The van der Waals surface area contributed by atoms with Crippen LogP contribution in [0.4, 0.5) is 0 Å². The fourth-order valence-corrected chi connectivity index (χ4v) is 3.93. The van der Waals surface area contributed by atoms with E-state index in [0.29, 0.717) is 25.3 Å². The molecule has 0 saturated carbocycles. The minimum Gasteiger partial charge on any atom is -0.413 e. The maximum atomic E-state index is 12.7. The Morgan fingerprint density at radius 3 is 2.79 bits per heavy atom. The van der Waals surface area contributed by atoms with Crippen LogP contribution < -0.4 is 10.8 Å². The van der Waals surface area contributed by atoms with Crippen LogP contribution in [-0.4, -0.2) is 41.3 Å². The molecule has 2 N–H and O–H groups in total. The van der Waals surface area contributed by atoms with Gasteiger partial charge in [0.15, 0.2) is 0 Å². The Morgan fingerprint density at radius 2 is 2.14 bits per heavy atom. The third kappa shape index (κ3) is 5.42. The van der Waals surface area contributed by atoms with Crippen molar-refractivity contribution in [2.45, 2.75) is 38.8 Å². The summed E-state index contributed by atoms with van der Waals surface area (Å²) in [6, 6.07) is 7.55. The first-order valence-corrected chi connectivity index (χ1v) is 10.6. The van der Waals surface area contributed by atoms with Gasteiger partial charge in [-0.2, -0.15) is 5.48 Å². The van der Waals surface area contributed by atoms with Crippen LogP contribution in [0.1, 0.15) is 31.7 Å². The van der Waals surface area contributed by atoms with E-state index in [2.05, 4.69) is 15.8 Å². The number of hydrogen-bond donors (Lipinski definition) is 2. The fraction of sp³-hybridized carbons (Fsp3) is 0.381. The van der Waals surface area contributed by atoms with Gasteiger partial charge in [-0.3, -0.25) is 9.59 Å². The second-order valence-electron chi connectivity index (χ2n) is 6.77. The second kappa shape index (κ2) is 10.2. The molecule has 0 bridgehead atoms. The third-order valence-corrected chi connectivity index (χ3v) is 5.49. The van der Waals surface area contributed by atoms with Crippen molar-refractivity contribution in [2.24, 2.45) is 0 Å². The van der Waals surface area contributed by atoms with Crippen LogP contribution >= 0.6 is 11.3 Å². The Labute approximate surface area is 174 Å². The Bertz CT molecular complexity index is 849. The molecule has 154 valence electrons. The summed E-state index contributed by atoms with van der Waals surface area (Å²) in [6.45, 7) is 2.83. The highest BCUT2D eigenvalue weighted by Crippen LogP contribution is 2.21. The molecule has 1 aromatic carbocycles. The Kier molecular flexibility index (Phi) is 7.37. The average Bonchev–Trinajstić information content (AvgIpc) is 3.44. The Morgan fingerprint density at radius 1 is 1.34 bits per heavy atom. The molecule has 3 rings (SSSR count). The molecular weight excluding hydrogens is 388 g/mol. The maximum absolute atomic E-state index is 12.7. The number of thiazole rings is 1. The van der Waals surface area contributed by atoms with Crippen molar-refractivity contribution in [2.75, 3.05) is 13.6 Å². The molecule has 1 unspecified atom stereocenters. The molecule has 1 saturated heterocycles. The third-order valence-electron chi connectivity index (χ3n) is 4.91. The number of amides is 2. The molecule has 1 aliphatic rings. The van der Waals surface area contributed by atoms with Gasteiger partial charge < -0.3 is 15.1 Å². The largest absolute Gasteiger partial charge is 0.413 e. The van der Waals surface area contributed by atoms with Gasteiger partial charge in [0, 0.05) is 31.1 Å². The molecule has 8 heteroatoms. The minimum absolute atomic E-state index is 0.0985. The van der Waals surface area contributed by atoms with Crippen molar-refractivity contribution >= 4 is 23.2 Å². The summed E-state index contributed by atoms with van der Waals surface area (Å²) in [6.07, 6.45) is 3.39. The zero-order valence-corrected chi connectivity index (χ0v) is 17.5. The number of aromatic nitrogens is 1. The van der Waals surface area contributed by atoms with Gasteiger partial charge in [-0.05, 0) is 31.4 Å². The SMILES string of the molecule is C/C=C(/CC(=O)N1CCCC1C(=O)NCc1ccc(-c2cscn2)cc1)ONC. The highest BCUT2D eigenvalue weighted by atomic mass is 32.1. The van der Waals surface area contributed by atoms with Crippen molar-refractivity contribution in [1.82, 2.24) is 20.7 Å². The summed E-state index contributed by atoms with van der Waals surface area (Å²) in [5, 5.41) is 4.97. The molecule has 1 aliphatic heterocycles. The molecule has 2 amide bonds. The standard InChI is InChI=1S/C21H26N4O3S/c1-3-17(28-22-2)11-20(26)25-10-4-5-19(25)21(27)23-12-15-6-8-16(9-7-15)18-13-29-14-24-18/h3,6-9,13-14,19,22H,4-5,10-12H2,1-2H3,(H,23,27)/b17-3-. The van der Waals surface area contributed by atoms with E-state index >= 15 is 0 Å². The second-order valence-corrected chi connectivity index (χ2v) is 7.49. The van der Waals surface area contributed by atoms with Crippen LogP contribution in [0.5, 0.6) is 0 Å². The molecule has 1 fully saturated rings. The summed E-state index contributed by atoms with van der Waals surface area (Å²) in [5.74, 6) is 0.332. The number of carbonyl (C=O) groups is 2. The number of allylic oxidation sites excluding steroid dienone is 1. The summed E-state index contributed by atoms with van der Waals surface area (Å²) in [4.78, 5) is 36.5. The van der Waals surface area contributed by atoms with E-state index in [1.54, 1.807) is 29.4 Å². The number of hydroxylamine groups is 1. The van der Waals surface area contributed by atoms with Crippen molar-refractivity contribution < 1.29 is 14.4 Å². The number of hydrogen-bond acceptors (Lipinski definition) is 6. The maximum Gasteiger partial charge on any atom is 0.243 e. The highest BCUT2D eigenvalue weighted by Gasteiger charge is 2.34. The number of likely N-dealkylation sites (tertiary alicyclic amines) is 1. The van der Waals surface area contributed by atoms with E-state index in [1.165, 1.54) is 0 Å². The summed E-state index contributed by atoms with van der Waals surface area (Å²) >= 11 is 1.56. The van der Waals surface area contributed by atoms with Crippen LogP contribution in [0.2, 0.25) is 0 Å². The number of rotatable bonds is 8. The molecule has 1 atom stereocenters. The van der Waals surface area contributed by atoms with Crippen molar-refractivity contribution in [3.63, 3.8) is 0 Å². The average molecular weight is 415 g/mol. The van der Waals surface area contributed by atoms with Gasteiger partial charge in [0.05, 0.1) is 17.6 Å². The van der Waals surface area contributed by atoms with Gasteiger partial charge >= 0.3 is 0 Å². The van der Waals surface area contributed by atoms with E-state index in [-0.39, 0.29) is 18.2 Å². The Hall–Kier alpha value is -2.71. The van der Waals surface area contributed by atoms with Crippen LogP contribution in [0.15, 0.2) is 47.0 Å². The van der Waals surface area contributed by atoms with Gasteiger partial charge in [0.2, 0.25) is 11.8 Å². The summed E-state index contributed by atoms with van der Waals surface area (Å²) < 4.78 is 0. The first-order valence-electron chi connectivity index (χ1n) is 9.65. The normalized spacial score (nSPS) is 16.7. The summed E-state index contributed by atoms with van der Waals surface area (Å²) in [5.41, 5.74) is 7.40. The molecule has 0 aliphatic carbocycles. The lowest BCUT2D eigenvalue weighted by atomic mass is 10.1. The number of nitrogens with one attached hydrogen (secondary N) is 2. The quantitative estimate of drug-likeness (QED) is 0.513. The van der Waals surface area contributed by atoms with Gasteiger partial charge in [-0.1, -0.05) is 24.3 Å². The predicted octanol–water partition coefficient (Wildman–Crippen LogP) is 2.86. The lowest BCUT2D eigenvalue weighted by Crippen LogP contribution is -2.45. The zero-order valence-electron chi connectivity index (χ0n) is 16.7. The van der Waals surface area contributed by atoms with E-state index < -0.39 is 6.04 Å². The number of benzene rings is 1. The Balaban J connectivity index is 1.54. The smallest absolute Gasteiger partial charge is 0.243 e. The molecule has 0 radical (unpaired) electrons. The van der Waals surface area contributed by atoms with Crippen molar-refractivity contribution in [3.8, 4) is 11.3 Å². The first-order chi connectivity index (χ1) is 14.1. The van der Waals surface area contributed by atoms with E-state index in [9.17, 15) is 9.59 Å². The van der Waals surface area contributed by atoms with Gasteiger partial charge in [0.25, 0.3) is 0 Å². The lowest BCUT2D eigenvalue weighted by Gasteiger charge is -2.24. The van der Waals surface area contributed by atoms with Gasteiger partial charge in [-0.25, -0.2) is 4.98 Å². The number of nitrogens with zero attached hydrogens (tertiary/aromatic N) is 2. The monoisotopic (exact) mass is 414 g/mol. The van der Waals surface area contributed by atoms with Crippen LogP contribution in [0.3, 0.4) is 0 Å². The van der Waals surface area contributed by atoms with E-state index in [1.807, 2.05) is 42.1 Å². The van der Waals surface area contributed by atoms with Crippen LogP contribution in [0.25, 0.3) is 11.3 Å². The molecule has 2 heterocycles. The molecule has 29 heavy (non-hydrogen) atoms.